The highest BCUT2D eigenvalue weighted by atomic mass is 14.7. The highest BCUT2D eigenvalue weighted by molar-refractivity contribution is 5.34. The van der Waals surface area contributed by atoms with Crippen LogP contribution in [0, 0.1) is 0 Å². The van der Waals surface area contributed by atoms with Crippen molar-refractivity contribution >= 4 is 0 Å². The fourth-order valence-electron chi connectivity index (χ4n) is 2.49. The van der Waals surface area contributed by atoms with Crippen molar-refractivity contribution in [2.24, 2.45) is 5.73 Å². The van der Waals surface area contributed by atoms with E-state index in [1.54, 1.807) is 0 Å². The van der Waals surface area contributed by atoms with E-state index in [4.69, 9.17) is 5.73 Å². The minimum absolute atomic E-state index is 0.291. The molecule has 0 saturated carbocycles. The molecule has 1 aromatic carbocycles. The van der Waals surface area contributed by atoms with Gasteiger partial charge in [0.25, 0.3) is 0 Å². The molecule has 1 aromatic heterocycles. The zero-order valence-electron chi connectivity index (χ0n) is 9.76. The molecular formula is C15H16N2. The minimum atomic E-state index is 0.291. The van der Waals surface area contributed by atoms with Crippen molar-refractivity contribution in [3.63, 3.8) is 0 Å². The van der Waals surface area contributed by atoms with Crippen LogP contribution in [0.1, 0.15) is 22.4 Å². The van der Waals surface area contributed by atoms with Crippen LogP contribution >= 0.6 is 0 Å². The van der Waals surface area contributed by atoms with Gasteiger partial charge in [-0.3, -0.25) is 4.98 Å². The van der Waals surface area contributed by atoms with Crippen LogP contribution in [0.5, 0.6) is 0 Å². The van der Waals surface area contributed by atoms with E-state index in [9.17, 15) is 0 Å². The van der Waals surface area contributed by atoms with Crippen LogP contribution in [0.25, 0.3) is 0 Å². The number of aromatic nitrogens is 1. The van der Waals surface area contributed by atoms with Gasteiger partial charge in [-0.05, 0) is 35.6 Å². The quantitative estimate of drug-likeness (QED) is 0.848. The lowest BCUT2D eigenvalue weighted by molar-refractivity contribution is 0.721. The molecule has 1 atom stereocenters. The van der Waals surface area contributed by atoms with Crippen LogP contribution in [-0.4, -0.2) is 11.0 Å². The number of nitrogens with two attached hydrogens (primary N) is 1. The van der Waals surface area contributed by atoms with E-state index < -0.39 is 0 Å². The number of benzene rings is 1. The first-order valence-electron chi connectivity index (χ1n) is 6.07. The SMILES string of the molecule is NC1Cc2cnc(Cc3ccccc3)cc2C1. The molecule has 1 heterocycles. The summed E-state index contributed by atoms with van der Waals surface area (Å²) in [7, 11) is 0. The monoisotopic (exact) mass is 224 g/mol. The highest BCUT2D eigenvalue weighted by Gasteiger charge is 2.18. The Labute approximate surface area is 102 Å². The molecule has 17 heavy (non-hydrogen) atoms. The van der Waals surface area contributed by atoms with Crippen LogP contribution in [-0.2, 0) is 19.3 Å². The van der Waals surface area contributed by atoms with Crippen LogP contribution in [0.4, 0.5) is 0 Å². The van der Waals surface area contributed by atoms with E-state index in [2.05, 4.69) is 35.3 Å². The summed E-state index contributed by atoms with van der Waals surface area (Å²) in [5.74, 6) is 0. The molecule has 0 spiro atoms. The number of nitrogens with zero attached hydrogens (tertiary/aromatic N) is 1. The van der Waals surface area contributed by atoms with Gasteiger partial charge in [-0.1, -0.05) is 30.3 Å². The predicted molar refractivity (Wildman–Crippen MR) is 68.9 cm³/mol. The van der Waals surface area contributed by atoms with Crippen molar-refractivity contribution in [1.29, 1.82) is 0 Å². The maximum absolute atomic E-state index is 5.96. The molecule has 2 nitrogen and oxygen atoms in total. The molecule has 0 saturated heterocycles. The van der Waals surface area contributed by atoms with Gasteiger partial charge < -0.3 is 5.73 Å². The smallest absolute Gasteiger partial charge is 0.0450 e. The third-order valence-electron chi connectivity index (χ3n) is 3.33. The molecule has 1 unspecified atom stereocenters. The van der Waals surface area contributed by atoms with Crippen LogP contribution in [0.2, 0.25) is 0 Å². The fraction of sp³-hybridized carbons (Fsp3) is 0.267. The summed E-state index contributed by atoms with van der Waals surface area (Å²) in [6.07, 6.45) is 4.89. The van der Waals surface area contributed by atoms with Gasteiger partial charge in [-0.2, -0.15) is 0 Å². The average molecular weight is 224 g/mol. The van der Waals surface area contributed by atoms with Crippen LogP contribution < -0.4 is 5.73 Å². The Hall–Kier alpha value is -1.67. The molecule has 1 aliphatic rings. The van der Waals surface area contributed by atoms with Gasteiger partial charge >= 0.3 is 0 Å². The van der Waals surface area contributed by atoms with Gasteiger partial charge in [-0.25, -0.2) is 0 Å². The van der Waals surface area contributed by atoms with Gasteiger partial charge in [0.1, 0.15) is 0 Å². The third kappa shape index (κ3) is 2.22. The Morgan fingerprint density at radius 1 is 1.12 bits per heavy atom. The molecule has 0 radical (unpaired) electrons. The number of hydrogen-bond acceptors (Lipinski definition) is 2. The maximum atomic E-state index is 5.96. The summed E-state index contributed by atoms with van der Waals surface area (Å²) in [6, 6.07) is 13.0. The predicted octanol–water partition coefficient (Wildman–Crippen LogP) is 2.10. The van der Waals surface area contributed by atoms with Gasteiger partial charge in [0, 0.05) is 24.4 Å². The number of fused-ring (bicyclic) bond motifs is 1. The van der Waals surface area contributed by atoms with E-state index in [0.29, 0.717) is 6.04 Å². The van der Waals surface area contributed by atoms with Gasteiger partial charge in [0.2, 0.25) is 0 Å². The second kappa shape index (κ2) is 4.30. The second-order valence-corrected chi connectivity index (χ2v) is 4.78. The second-order valence-electron chi connectivity index (χ2n) is 4.78. The lowest BCUT2D eigenvalue weighted by Crippen LogP contribution is -2.18. The van der Waals surface area contributed by atoms with E-state index in [1.807, 2.05) is 12.3 Å². The van der Waals surface area contributed by atoms with Crippen molar-refractivity contribution in [3.8, 4) is 0 Å². The van der Waals surface area contributed by atoms with E-state index >= 15 is 0 Å². The minimum Gasteiger partial charge on any atom is -0.327 e. The first-order valence-corrected chi connectivity index (χ1v) is 6.07. The largest absolute Gasteiger partial charge is 0.327 e. The number of rotatable bonds is 2. The summed E-state index contributed by atoms with van der Waals surface area (Å²) in [6.45, 7) is 0. The fourth-order valence-corrected chi connectivity index (χ4v) is 2.49. The zero-order chi connectivity index (χ0) is 11.7. The molecule has 2 heteroatoms. The summed E-state index contributed by atoms with van der Waals surface area (Å²) >= 11 is 0. The summed E-state index contributed by atoms with van der Waals surface area (Å²) in [5, 5.41) is 0. The third-order valence-corrected chi connectivity index (χ3v) is 3.33. The van der Waals surface area contributed by atoms with E-state index in [0.717, 1.165) is 25.0 Å². The number of hydrogen-bond donors (Lipinski definition) is 1. The van der Waals surface area contributed by atoms with E-state index in [1.165, 1.54) is 16.7 Å². The highest BCUT2D eigenvalue weighted by Crippen LogP contribution is 2.21. The normalized spacial score (nSPS) is 18.1. The Morgan fingerprint density at radius 2 is 1.88 bits per heavy atom. The van der Waals surface area contributed by atoms with Crippen LogP contribution in [0.3, 0.4) is 0 Å². The Balaban J connectivity index is 1.84. The first-order chi connectivity index (χ1) is 8.31. The molecule has 0 amide bonds. The maximum Gasteiger partial charge on any atom is 0.0450 e. The van der Waals surface area contributed by atoms with Gasteiger partial charge in [0.05, 0.1) is 0 Å². The Kier molecular flexibility index (Phi) is 2.65. The summed E-state index contributed by atoms with van der Waals surface area (Å²) < 4.78 is 0. The molecule has 86 valence electrons. The topological polar surface area (TPSA) is 38.9 Å². The van der Waals surface area contributed by atoms with Crippen molar-refractivity contribution in [3.05, 3.63) is 65.0 Å². The van der Waals surface area contributed by atoms with Gasteiger partial charge in [0.15, 0.2) is 0 Å². The Bertz CT molecular complexity index is 520. The Morgan fingerprint density at radius 3 is 2.71 bits per heavy atom. The molecule has 0 fully saturated rings. The van der Waals surface area contributed by atoms with Crippen molar-refractivity contribution in [2.45, 2.75) is 25.3 Å². The lowest BCUT2D eigenvalue weighted by atomic mass is 10.1. The molecular weight excluding hydrogens is 208 g/mol. The standard InChI is InChI=1S/C15H16N2/c16-14-7-12-9-15(17-10-13(12)8-14)6-11-4-2-1-3-5-11/h1-5,9-10,14H,6-8,16H2. The molecule has 2 aromatic rings. The number of pyridine rings is 1. The van der Waals surface area contributed by atoms with Crippen LogP contribution in [0.15, 0.2) is 42.6 Å². The lowest BCUT2D eigenvalue weighted by Gasteiger charge is -2.04. The molecule has 2 N–H and O–H groups in total. The molecule has 0 aliphatic heterocycles. The summed E-state index contributed by atoms with van der Waals surface area (Å²) in [5.41, 5.74) is 11.1. The van der Waals surface area contributed by atoms with Gasteiger partial charge in [-0.15, -0.1) is 0 Å². The zero-order valence-corrected chi connectivity index (χ0v) is 9.76. The molecule has 1 aliphatic carbocycles. The molecule has 0 bridgehead atoms. The average Bonchev–Trinajstić information content (AvgIpc) is 2.70. The molecule has 3 rings (SSSR count). The summed E-state index contributed by atoms with van der Waals surface area (Å²) in [4.78, 5) is 4.52. The first kappa shape index (κ1) is 10.5. The van der Waals surface area contributed by atoms with Crippen molar-refractivity contribution in [2.75, 3.05) is 0 Å². The van der Waals surface area contributed by atoms with E-state index in [-0.39, 0.29) is 0 Å². The van der Waals surface area contributed by atoms with Crippen molar-refractivity contribution in [1.82, 2.24) is 4.98 Å². The van der Waals surface area contributed by atoms with Crippen molar-refractivity contribution < 1.29 is 0 Å².